The first-order chi connectivity index (χ1) is 13.9. The van der Waals surface area contributed by atoms with Crippen LogP contribution in [0.15, 0.2) is 30.3 Å². The molecule has 0 radical (unpaired) electrons. The van der Waals surface area contributed by atoms with Gasteiger partial charge in [-0.1, -0.05) is 29.3 Å². The van der Waals surface area contributed by atoms with Crippen LogP contribution in [-0.2, 0) is 16.1 Å². The van der Waals surface area contributed by atoms with Crippen LogP contribution < -0.4 is 4.74 Å². The summed E-state index contributed by atoms with van der Waals surface area (Å²) in [7, 11) is 0. The lowest BCUT2D eigenvalue weighted by Crippen LogP contribution is -2.07. The Morgan fingerprint density at radius 1 is 1.14 bits per heavy atom. The molecule has 0 aliphatic heterocycles. The van der Waals surface area contributed by atoms with Gasteiger partial charge in [0, 0.05) is 19.0 Å². The summed E-state index contributed by atoms with van der Waals surface area (Å²) in [5, 5.41) is 1.07. The van der Waals surface area contributed by atoms with Crippen LogP contribution in [-0.4, -0.2) is 28.7 Å². The fourth-order valence-electron chi connectivity index (χ4n) is 3.22. The first-order valence-corrected chi connectivity index (χ1v) is 10.3. The number of hydrogen-bond donors (Lipinski definition) is 0. The normalized spacial score (nSPS) is 11.1. The number of ether oxygens (including phenoxy) is 2. The van der Waals surface area contributed by atoms with Crippen LogP contribution in [0, 0.1) is 13.8 Å². The highest BCUT2D eigenvalue weighted by atomic mass is 35.5. The van der Waals surface area contributed by atoms with Crippen LogP contribution >= 0.6 is 23.2 Å². The molecule has 0 saturated carbocycles. The third-order valence-electron chi connectivity index (χ3n) is 4.63. The van der Waals surface area contributed by atoms with E-state index >= 15 is 0 Å². The van der Waals surface area contributed by atoms with Crippen molar-refractivity contribution >= 4 is 40.2 Å². The third kappa shape index (κ3) is 5.22. The van der Waals surface area contributed by atoms with Crippen LogP contribution in [0.2, 0.25) is 10.0 Å². The van der Waals surface area contributed by atoms with Gasteiger partial charge in [-0.3, -0.25) is 4.79 Å². The zero-order valence-electron chi connectivity index (χ0n) is 16.8. The molecule has 0 N–H and O–H groups in total. The van der Waals surface area contributed by atoms with E-state index in [1.54, 1.807) is 13.0 Å². The molecule has 0 saturated heterocycles. The summed E-state index contributed by atoms with van der Waals surface area (Å²) in [6, 6.07) is 9.60. The minimum atomic E-state index is -0.196. The second kappa shape index (κ2) is 9.51. The van der Waals surface area contributed by atoms with Crippen LogP contribution in [0.3, 0.4) is 0 Å². The molecule has 3 aromatic rings. The van der Waals surface area contributed by atoms with Crippen molar-refractivity contribution in [1.29, 1.82) is 0 Å². The second-order valence-corrected chi connectivity index (χ2v) is 7.67. The molecule has 0 bridgehead atoms. The quantitative estimate of drug-likeness (QED) is 0.335. The lowest BCUT2D eigenvalue weighted by molar-refractivity contribution is -0.143. The largest absolute Gasteiger partial charge is 0.493 e. The summed E-state index contributed by atoms with van der Waals surface area (Å²) >= 11 is 12.2. The zero-order valence-corrected chi connectivity index (χ0v) is 18.3. The Morgan fingerprint density at radius 2 is 1.93 bits per heavy atom. The van der Waals surface area contributed by atoms with Crippen molar-refractivity contribution < 1.29 is 14.3 Å². The van der Waals surface area contributed by atoms with Gasteiger partial charge in [0.05, 0.1) is 34.3 Å². The minimum absolute atomic E-state index is 0.196. The molecule has 29 heavy (non-hydrogen) atoms. The van der Waals surface area contributed by atoms with Gasteiger partial charge in [-0.2, -0.15) is 0 Å². The number of aryl methyl sites for hydroxylation is 2. The van der Waals surface area contributed by atoms with Crippen LogP contribution in [0.25, 0.3) is 11.0 Å². The van der Waals surface area contributed by atoms with Gasteiger partial charge < -0.3 is 14.0 Å². The Kier molecular flexibility index (Phi) is 7.04. The van der Waals surface area contributed by atoms with Crippen LogP contribution in [0.5, 0.6) is 5.75 Å². The summed E-state index contributed by atoms with van der Waals surface area (Å²) in [5.41, 5.74) is 4.02. The number of hydrogen-bond acceptors (Lipinski definition) is 4. The maximum absolute atomic E-state index is 11.4. The molecule has 0 aliphatic carbocycles. The van der Waals surface area contributed by atoms with Crippen molar-refractivity contribution in [2.45, 2.75) is 40.2 Å². The van der Waals surface area contributed by atoms with Crippen molar-refractivity contribution in [1.82, 2.24) is 9.55 Å². The summed E-state index contributed by atoms with van der Waals surface area (Å²) in [6.45, 7) is 7.28. The number of rotatable bonds is 8. The maximum Gasteiger partial charge on any atom is 0.305 e. The van der Waals surface area contributed by atoms with E-state index in [0.717, 1.165) is 33.7 Å². The standard InChI is InChI=1S/C22H24Cl2N2O3/c1-4-28-21(27)6-5-9-29-17-10-14(2)22-20(12-17)26(15(3)25-22)13-16-7-8-18(23)19(24)11-16/h7-8,10-12H,4-6,9,13H2,1-3H3. The van der Waals surface area contributed by atoms with Gasteiger partial charge in [-0.05, 0) is 56.5 Å². The van der Waals surface area contributed by atoms with Gasteiger partial charge in [0.15, 0.2) is 0 Å². The maximum atomic E-state index is 11.4. The predicted octanol–water partition coefficient (Wildman–Crippen LogP) is 5.73. The average Bonchev–Trinajstić information content (AvgIpc) is 2.98. The Balaban J connectivity index is 1.79. The summed E-state index contributed by atoms with van der Waals surface area (Å²) in [6.07, 6.45) is 0.959. The third-order valence-corrected chi connectivity index (χ3v) is 5.37. The van der Waals surface area contributed by atoms with Gasteiger partial charge >= 0.3 is 5.97 Å². The fourth-order valence-corrected chi connectivity index (χ4v) is 3.54. The summed E-state index contributed by atoms with van der Waals surface area (Å²) in [5.74, 6) is 1.47. The first-order valence-electron chi connectivity index (χ1n) is 9.59. The van der Waals surface area contributed by atoms with E-state index in [0.29, 0.717) is 42.6 Å². The molecule has 0 fully saturated rings. The highest BCUT2D eigenvalue weighted by Crippen LogP contribution is 2.28. The number of benzene rings is 2. The topological polar surface area (TPSA) is 53.4 Å². The lowest BCUT2D eigenvalue weighted by Gasteiger charge is -2.11. The highest BCUT2D eigenvalue weighted by molar-refractivity contribution is 6.42. The molecule has 0 spiro atoms. The van der Waals surface area contributed by atoms with Gasteiger partial charge in [0.2, 0.25) is 0 Å². The van der Waals surface area contributed by atoms with E-state index in [9.17, 15) is 4.79 Å². The second-order valence-electron chi connectivity index (χ2n) is 6.86. The van der Waals surface area contributed by atoms with E-state index in [1.165, 1.54) is 0 Å². The molecular weight excluding hydrogens is 411 g/mol. The molecule has 3 rings (SSSR count). The lowest BCUT2D eigenvalue weighted by atomic mass is 10.2. The Morgan fingerprint density at radius 3 is 2.66 bits per heavy atom. The summed E-state index contributed by atoms with van der Waals surface area (Å²) < 4.78 is 13.0. The van der Waals surface area contributed by atoms with E-state index in [4.69, 9.17) is 37.7 Å². The van der Waals surface area contributed by atoms with Crippen molar-refractivity contribution in [3.05, 3.63) is 57.3 Å². The molecule has 5 nitrogen and oxygen atoms in total. The molecule has 2 aromatic carbocycles. The average molecular weight is 435 g/mol. The van der Waals surface area contributed by atoms with Gasteiger partial charge in [0.1, 0.15) is 11.6 Å². The van der Waals surface area contributed by atoms with Gasteiger partial charge in [0.25, 0.3) is 0 Å². The van der Waals surface area contributed by atoms with E-state index in [-0.39, 0.29) is 5.97 Å². The number of carbonyl (C=O) groups is 1. The molecule has 0 atom stereocenters. The van der Waals surface area contributed by atoms with Gasteiger partial charge in [-0.15, -0.1) is 0 Å². The Hall–Kier alpha value is -2.24. The predicted molar refractivity (Wildman–Crippen MR) is 116 cm³/mol. The number of carbonyl (C=O) groups excluding carboxylic acids is 1. The van der Waals surface area contributed by atoms with Crippen LogP contribution in [0.4, 0.5) is 0 Å². The Labute approximate surface area is 180 Å². The van der Waals surface area contributed by atoms with Crippen LogP contribution in [0.1, 0.15) is 36.7 Å². The molecule has 1 aromatic heterocycles. The first kappa shape index (κ1) is 21.5. The number of fused-ring (bicyclic) bond motifs is 1. The summed E-state index contributed by atoms with van der Waals surface area (Å²) in [4.78, 5) is 16.2. The van der Waals surface area contributed by atoms with Crippen molar-refractivity contribution in [2.24, 2.45) is 0 Å². The van der Waals surface area contributed by atoms with Crippen molar-refractivity contribution in [2.75, 3.05) is 13.2 Å². The molecular formula is C22H24Cl2N2O3. The fraction of sp³-hybridized carbons (Fsp3) is 0.364. The van der Waals surface area contributed by atoms with E-state index in [2.05, 4.69) is 4.57 Å². The number of aromatic nitrogens is 2. The molecule has 0 unspecified atom stereocenters. The molecule has 0 aliphatic rings. The number of imidazole rings is 1. The SMILES string of the molecule is CCOC(=O)CCCOc1cc(C)c2nc(C)n(Cc3ccc(Cl)c(Cl)c3)c2c1. The monoisotopic (exact) mass is 434 g/mol. The highest BCUT2D eigenvalue weighted by Gasteiger charge is 2.13. The molecule has 0 amide bonds. The van der Waals surface area contributed by atoms with E-state index in [1.807, 2.05) is 38.1 Å². The van der Waals surface area contributed by atoms with Gasteiger partial charge in [-0.25, -0.2) is 4.98 Å². The van der Waals surface area contributed by atoms with E-state index < -0.39 is 0 Å². The van der Waals surface area contributed by atoms with Crippen molar-refractivity contribution in [3.8, 4) is 5.75 Å². The number of halogens is 2. The smallest absolute Gasteiger partial charge is 0.305 e. The number of nitrogens with zero attached hydrogens (tertiary/aromatic N) is 2. The van der Waals surface area contributed by atoms with Crippen molar-refractivity contribution in [3.63, 3.8) is 0 Å². The Bertz CT molecular complexity index is 1030. The minimum Gasteiger partial charge on any atom is -0.493 e. The number of esters is 1. The molecule has 7 heteroatoms. The molecule has 1 heterocycles. The molecule has 154 valence electrons. The zero-order chi connectivity index (χ0) is 21.0.